The van der Waals surface area contributed by atoms with Crippen molar-refractivity contribution in [2.24, 2.45) is 0 Å². The van der Waals surface area contributed by atoms with E-state index in [1.165, 1.54) is 7.11 Å². The maximum atomic E-state index is 10.4. The molecule has 0 spiro atoms. The van der Waals surface area contributed by atoms with Crippen LogP contribution in [0, 0.1) is 0 Å². The van der Waals surface area contributed by atoms with Crippen molar-refractivity contribution in [3.63, 3.8) is 0 Å². The number of ether oxygens (including phenoxy) is 1. The molecule has 0 fully saturated rings. The smallest absolute Gasteiger partial charge is 0.310 e. The molecule has 0 aromatic rings. The van der Waals surface area contributed by atoms with E-state index in [-0.39, 0.29) is 12.0 Å². The Bertz CT molecular complexity index is 174. The van der Waals surface area contributed by atoms with Crippen molar-refractivity contribution in [3.8, 4) is 0 Å². The van der Waals surface area contributed by atoms with Gasteiger partial charge in [-0.3, -0.25) is 9.59 Å². The number of esters is 1. The summed E-state index contributed by atoms with van der Waals surface area (Å²) in [4.78, 5) is 20.7. The molecule has 0 aliphatic rings. The monoisotopic (exact) mass is 162 g/mol. The molecule has 0 heterocycles. The van der Waals surface area contributed by atoms with E-state index in [1.807, 2.05) is 0 Å². The first kappa shape index (κ1) is 9.17. The zero-order chi connectivity index (χ0) is 8.15. The van der Waals surface area contributed by atoms with Gasteiger partial charge in [0, 0.05) is 5.57 Å². The van der Waals surface area contributed by atoms with Crippen molar-refractivity contribution in [2.45, 2.75) is 6.42 Å². The van der Waals surface area contributed by atoms with Gasteiger partial charge in [-0.2, -0.15) is 0 Å². The molecule has 0 saturated carbocycles. The van der Waals surface area contributed by atoms with E-state index in [1.54, 1.807) is 0 Å². The lowest BCUT2D eigenvalue weighted by atomic mass is 10.2. The molecule has 0 aromatic heterocycles. The number of hydrogen-bond acceptors (Lipinski definition) is 3. The Morgan fingerprint density at radius 2 is 2.10 bits per heavy atom. The summed E-state index contributed by atoms with van der Waals surface area (Å²) in [6.45, 7) is 3.26. The summed E-state index contributed by atoms with van der Waals surface area (Å²) in [5.41, 5.74) is 0.0496. The van der Waals surface area contributed by atoms with E-state index >= 15 is 0 Å². The Morgan fingerprint density at radius 1 is 1.60 bits per heavy atom. The highest BCUT2D eigenvalue weighted by Gasteiger charge is 2.08. The molecule has 0 aromatic carbocycles. The van der Waals surface area contributed by atoms with Gasteiger partial charge in [0.25, 0.3) is 0 Å². The molecule has 4 heteroatoms. The standard InChI is InChI=1S/C6H7ClO3/c1-4(6(7)9)3-5(8)10-2/h1,3H2,2H3. The van der Waals surface area contributed by atoms with Crippen LogP contribution in [0.2, 0.25) is 0 Å². The second-order valence-corrected chi connectivity index (χ2v) is 1.97. The van der Waals surface area contributed by atoms with E-state index in [4.69, 9.17) is 11.6 Å². The Labute approximate surface area is 63.6 Å². The minimum atomic E-state index is -0.703. The highest BCUT2D eigenvalue weighted by atomic mass is 35.5. The van der Waals surface area contributed by atoms with Gasteiger partial charge in [0.1, 0.15) is 0 Å². The van der Waals surface area contributed by atoms with Crippen molar-refractivity contribution in [3.05, 3.63) is 12.2 Å². The number of hydrogen-bond donors (Lipinski definition) is 0. The maximum absolute atomic E-state index is 10.4. The Kier molecular flexibility index (Phi) is 3.72. The van der Waals surface area contributed by atoms with Crippen LogP contribution in [0.1, 0.15) is 6.42 Å². The molecule has 0 radical (unpaired) electrons. The van der Waals surface area contributed by atoms with Gasteiger partial charge in [0.2, 0.25) is 5.24 Å². The number of carbonyl (C=O) groups is 2. The number of rotatable bonds is 3. The van der Waals surface area contributed by atoms with Crippen molar-refractivity contribution in [2.75, 3.05) is 7.11 Å². The number of methoxy groups -OCH3 is 1. The third-order valence-electron chi connectivity index (χ3n) is 0.863. The zero-order valence-electron chi connectivity index (χ0n) is 5.52. The van der Waals surface area contributed by atoms with Gasteiger partial charge in [-0.15, -0.1) is 0 Å². The van der Waals surface area contributed by atoms with Crippen LogP contribution >= 0.6 is 11.6 Å². The molecule has 0 unspecified atom stereocenters. The lowest BCUT2D eigenvalue weighted by Gasteiger charge is -1.96. The Hall–Kier alpha value is -0.830. The van der Waals surface area contributed by atoms with Crippen LogP contribution < -0.4 is 0 Å². The highest BCUT2D eigenvalue weighted by Crippen LogP contribution is 2.03. The molecular weight excluding hydrogens is 156 g/mol. The van der Waals surface area contributed by atoms with Gasteiger partial charge < -0.3 is 4.74 Å². The van der Waals surface area contributed by atoms with E-state index in [0.717, 1.165) is 0 Å². The first-order valence-electron chi connectivity index (χ1n) is 2.52. The number of carbonyl (C=O) groups excluding carboxylic acids is 2. The van der Waals surface area contributed by atoms with Gasteiger partial charge in [-0.1, -0.05) is 6.58 Å². The molecule has 0 amide bonds. The Morgan fingerprint density at radius 3 is 2.40 bits per heavy atom. The molecule has 56 valence electrons. The largest absolute Gasteiger partial charge is 0.469 e. The van der Waals surface area contributed by atoms with Gasteiger partial charge >= 0.3 is 5.97 Å². The molecule has 3 nitrogen and oxygen atoms in total. The lowest BCUT2D eigenvalue weighted by molar-refractivity contribution is -0.140. The second kappa shape index (κ2) is 4.06. The van der Waals surface area contributed by atoms with Gasteiger partial charge in [0.05, 0.1) is 13.5 Å². The first-order chi connectivity index (χ1) is 4.57. The van der Waals surface area contributed by atoms with Crippen molar-refractivity contribution in [1.82, 2.24) is 0 Å². The van der Waals surface area contributed by atoms with Gasteiger partial charge in [-0.25, -0.2) is 0 Å². The fraction of sp³-hybridized carbons (Fsp3) is 0.333. The van der Waals surface area contributed by atoms with Crippen LogP contribution in [0.4, 0.5) is 0 Å². The Balaban J connectivity index is 3.80. The molecule has 0 saturated heterocycles. The van der Waals surface area contributed by atoms with E-state index in [2.05, 4.69) is 11.3 Å². The van der Waals surface area contributed by atoms with Crippen LogP contribution in [0.15, 0.2) is 12.2 Å². The van der Waals surface area contributed by atoms with Gasteiger partial charge in [0.15, 0.2) is 0 Å². The highest BCUT2D eigenvalue weighted by molar-refractivity contribution is 6.67. The van der Waals surface area contributed by atoms with Crippen LogP contribution in [0.3, 0.4) is 0 Å². The van der Waals surface area contributed by atoms with Crippen LogP contribution in [0.5, 0.6) is 0 Å². The third-order valence-corrected chi connectivity index (χ3v) is 1.13. The predicted molar refractivity (Wildman–Crippen MR) is 36.6 cm³/mol. The topological polar surface area (TPSA) is 43.4 Å². The lowest BCUT2D eigenvalue weighted by Crippen LogP contribution is -2.04. The molecule has 0 aliphatic carbocycles. The normalized spacial score (nSPS) is 8.60. The average molecular weight is 163 g/mol. The first-order valence-corrected chi connectivity index (χ1v) is 2.90. The molecule has 10 heavy (non-hydrogen) atoms. The SMILES string of the molecule is C=C(CC(=O)OC)C(=O)Cl. The molecule has 0 rings (SSSR count). The third kappa shape index (κ3) is 3.25. The summed E-state index contributed by atoms with van der Waals surface area (Å²) < 4.78 is 4.26. The van der Waals surface area contributed by atoms with Crippen LogP contribution in [-0.2, 0) is 14.3 Å². The minimum Gasteiger partial charge on any atom is -0.469 e. The predicted octanol–water partition coefficient (Wildman–Crippen LogP) is 0.871. The van der Waals surface area contributed by atoms with Crippen LogP contribution in [-0.4, -0.2) is 18.3 Å². The fourth-order valence-corrected chi connectivity index (χ4v) is 0.383. The van der Waals surface area contributed by atoms with E-state index in [0.29, 0.717) is 0 Å². The summed E-state index contributed by atoms with van der Waals surface area (Å²) in [5.74, 6) is -0.515. The van der Waals surface area contributed by atoms with E-state index < -0.39 is 11.2 Å². The minimum absolute atomic E-state index is 0.0496. The number of halogens is 1. The summed E-state index contributed by atoms with van der Waals surface area (Å²) in [6.07, 6.45) is -0.140. The van der Waals surface area contributed by atoms with Crippen LogP contribution in [0.25, 0.3) is 0 Å². The zero-order valence-corrected chi connectivity index (χ0v) is 6.27. The molecule has 0 aliphatic heterocycles. The summed E-state index contributed by atoms with van der Waals surface area (Å²) in [7, 11) is 1.23. The summed E-state index contributed by atoms with van der Waals surface area (Å²) >= 11 is 4.98. The molecule has 0 atom stereocenters. The molecule has 0 bridgehead atoms. The summed E-state index contributed by atoms with van der Waals surface area (Å²) in [6, 6.07) is 0. The fourth-order valence-electron chi connectivity index (χ4n) is 0.316. The van der Waals surface area contributed by atoms with Crippen molar-refractivity contribution in [1.29, 1.82) is 0 Å². The molecular formula is C6H7ClO3. The van der Waals surface area contributed by atoms with Crippen molar-refractivity contribution < 1.29 is 14.3 Å². The molecule has 0 N–H and O–H groups in total. The second-order valence-electron chi connectivity index (χ2n) is 1.63. The van der Waals surface area contributed by atoms with Crippen molar-refractivity contribution >= 4 is 22.8 Å². The summed E-state index contributed by atoms with van der Waals surface area (Å²) in [5, 5.41) is -0.703. The van der Waals surface area contributed by atoms with Gasteiger partial charge in [-0.05, 0) is 11.6 Å². The maximum Gasteiger partial charge on any atom is 0.310 e. The average Bonchev–Trinajstić information content (AvgIpc) is 1.87. The van der Waals surface area contributed by atoms with E-state index in [9.17, 15) is 9.59 Å². The quantitative estimate of drug-likeness (QED) is 0.351.